The predicted molar refractivity (Wildman–Crippen MR) is 71.4 cm³/mol. The zero-order valence-corrected chi connectivity index (χ0v) is 11.5. The average Bonchev–Trinajstić information content (AvgIpc) is 2.91. The number of hydrogen-bond acceptors (Lipinski definition) is 5. The Hall–Kier alpha value is -1.72. The fourth-order valence-corrected chi connectivity index (χ4v) is 1.74. The van der Waals surface area contributed by atoms with Gasteiger partial charge in [0.1, 0.15) is 6.10 Å². The van der Waals surface area contributed by atoms with Gasteiger partial charge in [0.15, 0.2) is 0 Å². The molecule has 2 unspecified atom stereocenters. The molecular formula is C14H19N3O2. The molecule has 2 rings (SSSR count). The zero-order chi connectivity index (χ0) is 13.9. The van der Waals surface area contributed by atoms with Gasteiger partial charge >= 0.3 is 0 Å². The Bertz CT molecular complexity index is 522. The van der Waals surface area contributed by atoms with Crippen LogP contribution in [-0.2, 0) is 10.3 Å². The van der Waals surface area contributed by atoms with Crippen LogP contribution < -0.4 is 5.73 Å². The number of rotatable bonds is 5. The first-order valence-electron chi connectivity index (χ1n) is 6.29. The van der Waals surface area contributed by atoms with Crippen LogP contribution in [0.1, 0.15) is 43.7 Å². The molecule has 0 bridgehead atoms. The SMILES string of the molecule is CCC(C)(N)c1nc(C(OC)c2ccccc2)no1. The van der Waals surface area contributed by atoms with Gasteiger partial charge in [-0.3, -0.25) is 0 Å². The highest BCUT2D eigenvalue weighted by molar-refractivity contribution is 5.22. The van der Waals surface area contributed by atoms with E-state index in [1.807, 2.05) is 44.2 Å². The highest BCUT2D eigenvalue weighted by Crippen LogP contribution is 2.26. The van der Waals surface area contributed by atoms with Crippen LogP contribution in [-0.4, -0.2) is 17.3 Å². The maximum absolute atomic E-state index is 6.09. The van der Waals surface area contributed by atoms with E-state index in [0.717, 1.165) is 12.0 Å². The maximum atomic E-state index is 6.09. The number of nitrogens with two attached hydrogens (primary N) is 1. The molecule has 102 valence electrons. The van der Waals surface area contributed by atoms with E-state index in [0.29, 0.717) is 11.7 Å². The van der Waals surface area contributed by atoms with Crippen molar-refractivity contribution in [2.75, 3.05) is 7.11 Å². The van der Waals surface area contributed by atoms with Crippen LogP contribution >= 0.6 is 0 Å². The number of hydrogen-bond donors (Lipinski definition) is 1. The Balaban J connectivity index is 2.31. The predicted octanol–water partition coefficient (Wildman–Crippen LogP) is 2.39. The van der Waals surface area contributed by atoms with Gasteiger partial charge in [-0.2, -0.15) is 4.98 Å². The molecule has 1 aromatic carbocycles. The van der Waals surface area contributed by atoms with Crippen LogP contribution in [0.5, 0.6) is 0 Å². The molecule has 5 nitrogen and oxygen atoms in total. The van der Waals surface area contributed by atoms with Crippen molar-refractivity contribution in [2.45, 2.75) is 31.9 Å². The molecule has 5 heteroatoms. The van der Waals surface area contributed by atoms with E-state index in [2.05, 4.69) is 10.1 Å². The molecule has 1 aromatic heterocycles. The molecule has 2 aromatic rings. The maximum Gasteiger partial charge on any atom is 0.246 e. The van der Waals surface area contributed by atoms with Gasteiger partial charge in [-0.25, -0.2) is 0 Å². The van der Waals surface area contributed by atoms with Crippen molar-refractivity contribution in [1.29, 1.82) is 0 Å². The normalized spacial score (nSPS) is 16.0. The third-order valence-corrected chi connectivity index (χ3v) is 3.24. The third-order valence-electron chi connectivity index (χ3n) is 3.24. The molecule has 0 aliphatic rings. The molecule has 0 saturated carbocycles. The molecule has 1 heterocycles. The smallest absolute Gasteiger partial charge is 0.246 e. The van der Waals surface area contributed by atoms with Gasteiger partial charge in [-0.15, -0.1) is 0 Å². The van der Waals surface area contributed by atoms with Crippen molar-refractivity contribution in [3.63, 3.8) is 0 Å². The van der Waals surface area contributed by atoms with Gasteiger partial charge < -0.3 is 15.0 Å². The monoisotopic (exact) mass is 261 g/mol. The zero-order valence-electron chi connectivity index (χ0n) is 11.5. The second-order valence-electron chi connectivity index (χ2n) is 4.76. The Morgan fingerprint density at radius 3 is 2.63 bits per heavy atom. The lowest BCUT2D eigenvalue weighted by Crippen LogP contribution is -2.32. The lowest BCUT2D eigenvalue weighted by atomic mass is 10.0. The summed E-state index contributed by atoms with van der Waals surface area (Å²) in [5.41, 5.74) is 6.46. The summed E-state index contributed by atoms with van der Waals surface area (Å²) in [4.78, 5) is 4.37. The fraction of sp³-hybridized carbons (Fsp3) is 0.429. The largest absolute Gasteiger partial charge is 0.369 e. The first-order chi connectivity index (χ1) is 9.08. The quantitative estimate of drug-likeness (QED) is 0.894. The van der Waals surface area contributed by atoms with E-state index in [1.54, 1.807) is 7.11 Å². The fourth-order valence-electron chi connectivity index (χ4n) is 1.74. The minimum absolute atomic E-state index is 0.341. The van der Waals surface area contributed by atoms with Gasteiger partial charge in [-0.05, 0) is 18.9 Å². The Labute approximate surface area is 112 Å². The van der Waals surface area contributed by atoms with Crippen LogP contribution in [0.2, 0.25) is 0 Å². The molecule has 0 spiro atoms. The molecule has 0 fully saturated rings. The summed E-state index contributed by atoms with van der Waals surface area (Å²) in [5, 5.41) is 3.99. The van der Waals surface area contributed by atoms with Crippen LogP contribution in [0.4, 0.5) is 0 Å². The van der Waals surface area contributed by atoms with E-state index >= 15 is 0 Å². The van der Waals surface area contributed by atoms with Crippen molar-refractivity contribution >= 4 is 0 Å². The van der Waals surface area contributed by atoms with Gasteiger partial charge in [0.25, 0.3) is 0 Å². The Morgan fingerprint density at radius 2 is 2.05 bits per heavy atom. The highest BCUT2D eigenvalue weighted by Gasteiger charge is 2.28. The molecule has 0 aliphatic heterocycles. The van der Waals surface area contributed by atoms with Crippen molar-refractivity contribution in [1.82, 2.24) is 10.1 Å². The number of methoxy groups -OCH3 is 1. The molecule has 2 N–H and O–H groups in total. The average molecular weight is 261 g/mol. The van der Waals surface area contributed by atoms with Crippen molar-refractivity contribution in [3.05, 3.63) is 47.6 Å². The Kier molecular flexibility index (Phi) is 3.97. The minimum atomic E-state index is -0.611. The second-order valence-corrected chi connectivity index (χ2v) is 4.76. The van der Waals surface area contributed by atoms with Crippen LogP contribution in [0.15, 0.2) is 34.9 Å². The number of ether oxygens (including phenoxy) is 1. The second kappa shape index (κ2) is 5.50. The molecule has 0 amide bonds. The number of nitrogens with zero attached hydrogens (tertiary/aromatic N) is 2. The highest BCUT2D eigenvalue weighted by atomic mass is 16.5. The summed E-state index contributed by atoms with van der Waals surface area (Å²) in [6.07, 6.45) is 0.379. The molecule has 0 saturated heterocycles. The van der Waals surface area contributed by atoms with Gasteiger partial charge in [0.05, 0.1) is 5.54 Å². The van der Waals surface area contributed by atoms with E-state index in [4.69, 9.17) is 15.0 Å². The molecule has 0 aliphatic carbocycles. The molecule has 0 radical (unpaired) electrons. The number of aromatic nitrogens is 2. The van der Waals surface area contributed by atoms with Gasteiger partial charge in [-0.1, -0.05) is 42.4 Å². The van der Waals surface area contributed by atoms with Crippen LogP contribution in [0.25, 0.3) is 0 Å². The lowest BCUT2D eigenvalue weighted by molar-refractivity contribution is 0.126. The summed E-state index contributed by atoms with van der Waals surface area (Å²) >= 11 is 0. The first kappa shape index (κ1) is 13.7. The molecule has 2 atom stereocenters. The topological polar surface area (TPSA) is 74.2 Å². The standard InChI is InChI=1S/C14H19N3O2/c1-4-14(2,15)13-16-12(17-19-13)11(18-3)10-8-6-5-7-9-10/h5-9,11H,4,15H2,1-3H3. The van der Waals surface area contributed by atoms with E-state index in [1.165, 1.54) is 0 Å². The van der Waals surface area contributed by atoms with E-state index < -0.39 is 5.54 Å². The van der Waals surface area contributed by atoms with Gasteiger partial charge in [0.2, 0.25) is 11.7 Å². The van der Waals surface area contributed by atoms with Crippen molar-refractivity contribution in [3.8, 4) is 0 Å². The lowest BCUT2D eigenvalue weighted by Gasteiger charge is -2.16. The van der Waals surface area contributed by atoms with E-state index in [-0.39, 0.29) is 6.10 Å². The summed E-state index contributed by atoms with van der Waals surface area (Å²) in [5.74, 6) is 0.928. The summed E-state index contributed by atoms with van der Waals surface area (Å²) in [6.45, 7) is 3.85. The van der Waals surface area contributed by atoms with Crippen molar-refractivity contribution < 1.29 is 9.26 Å². The molecular weight excluding hydrogens is 242 g/mol. The third kappa shape index (κ3) is 2.83. The van der Waals surface area contributed by atoms with Crippen LogP contribution in [0.3, 0.4) is 0 Å². The van der Waals surface area contributed by atoms with Gasteiger partial charge in [0, 0.05) is 7.11 Å². The number of benzene rings is 1. The van der Waals surface area contributed by atoms with Crippen LogP contribution in [0, 0.1) is 0 Å². The Morgan fingerprint density at radius 1 is 1.37 bits per heavy atom. The summed E-state index contributed by atoms with van der Waals surface area (Å²) in [7, 11) is 1.62. The summed E-state index contributed by atoms with van der Waals surface area (Å²) < 4.78 is 10.7. The van der Waals surface area contributed by atoms with Crippen molar-refractivity contribution in [2.24, 2.45) is 5.73 Å². The molecule has 19 heavy (non-hydrogen) atoms. The summed E-state index contributed by atoms with van der Waals surface area (Å²) in [6, 6.07) is 9.77. The van der Waals surface area contributed by atoms with E-state index in [9.17, 15) is 0 Å². The first-order valence-corrected chi connectivity index (χ1v) is 6.29. The minimum Gasteiger partial charge on any atom is -0.369 e.